The molecule has 0 radical (unpaired) electrons. The highest BCUT2D eigenvalue weighted by Crippen LogP contribution is 2.21. The molecule has 1 atom stereocenters. The van der Waals surface area contributed by atoms with E-state index in [0.717, 1.165) is 0 Å². The van der Waals surface area contributed by atoms with Gasteiger partial charge >= 0.3 is 5.97 Å². The summed E-state index contributed by atoms with van der Waals surface area (Å²) in [6.07, 6.45) is 0.0831. The Bertz CT molecular complexity index is 477. The molecule has 0 aromatic heterocycles. The molecule has 0 aliphatic rings. The van der Waals surface area contributed by atoms with Crippen molar-refractivity contribution in [3.05, 3.63) is 33.8 Å². The molecule has 1 unspecified atom stereocenters. The molecule has 0 saturated heterocycles. The van der Waals surface area contributed by atoms with Crippen LogP contribution in [0, 0.1) is 0 Å². The van der Waals surface area contributed by atoms with Crippen LogP contribution in [0.25, 0.3) is 0 Å². The van der Waals surface area contributed by atoms with E-state index in [9.17, 15) is 9.59 Å². The number of rotatable bonds is 5. The number of hydrogen-bond donors (Lipinski definition) is 1. The predicted octanol–water partition coefficient (Wildman–Crippen LogP) is 2.60. The minimum atomic E-state index is -0.682. The van der Waals surface area contributed by atoms with E-state index in [-0.39, 0.29) is 18.9 Å². The van der Waals surface area contributed by atoms with Gasteiger partial charge in [-0.2, -0.15) is 0 Å². The molecule has 0 aliphatic carbocycles. The second-order valence-corrected chi connectivity index (χ2v) is 4.80. The Morgan fingerprint density at radius 3 is 2.63 bits per heavy atom. The fourth-order valence-corrected chi connectivity index (χ4v) is 1.93. The SMILES string of the molecule is CCOC(=O)C(C)NC(=O)Cc1ccc(Cl)cc1Cl. The number of nitrogens with one attached hydrogen (secondary N) is 1. The summed E-state index contributed by atoms with van der Waals surface area (Å²) in [6, 6.07) is 4.23. The molecular weight excluding hydrogens is 289 g/mol. The Hall–Kier alpha value is -1.26. The zero-order valence-electron chi connectivity index (χ0n) is 10.7. The lowest BCUT2D eigenvalue weighted by atomic mass is 10.1. The first-order valence-corrected chi connectivity index (χ1v) is 6.59. The zero-order valence-corrected chi connectivity index (χ0v) is 12.2. The van der Waals surface area contributed by atoms with E-state index in [1.54, 1.807) is 32.0 Å². The van der Waals surface area contributed by atoms with Crippen LogP contribution < -0.4 is 5.32 Å². The molecular formula is C13H15Cl2NO3. The van der Waals surface area contributed by atoms with Gasteiger partial charge in [-0.05, 0) is 31.5 Å². The molecule has 0 saturated carbocycles. The smallest absolute Gasteiger partial charge is 0.328 e. The fraction of sp³-hybridized carbons (Fsp3) is 0.385. The van der Waals surface area contributed by atoms with Gasteiger partial charge in [0.15, 0.2) is 0 Å². The Morgan fingerprint density at radius 2 is 2.05 bits per heavy atom. The molecule has 0 bridgehead atoms. The molecule has 104 valence electrons. The standard InChI is InChI=1S/C13H15Cl2NO3/c1-3-19-13(18)8(2)16-12(17)6-9-4-5-10(14)7-11(9)15/h4-5,7-8H,3,6H2,1-2H3,(H,16,17). The van der Waals surface area contributed by atoms with Gasteiger partial charge in [0.1, 0.15) is 6.04 Å². The van der Waals surface area contributed by atoms with Crippen LogP contribution in [0.5, 0.6) is 0 Å². The predicted molar refractivity (Wildman–Crippen MR) is 74.4 cm³/mol. The lowest BCUT2D eigenvalue weighted by Gasteiger charge is -2.13. The lowest BCUT2D eigenvalue weighted by molar-refractivity contribution is -0.146. The van der Waals surface area contributed by atoms with Crippen molar-refractivity contribution in [3.8, 4) is 0 Å². The molecule has 1 aromatic carbocycles. The maximum absolute atomic E-state index is 11.8. The largest absolute Gasteiger partial charge is 0.464 e. The third kappa shape index (κ3) is 5.09. The molecule has 1 N–H and O–H groups in total. The van der Waals surface area contributed by atoms with Gasteiger partial charge in [-0.25, -0.2) is 4.79 Å². The molecule has 0 spiro atoms. The van der Waals surface area contributed by atoms with Crippen molar-refractivity contribution in [2.24, 2.45) is 0 Å². The minimum Gasteiger partial charge on any atom is -0.464 e. The highest BCUT2D eigenvalue weighted by Gasteiger charge is 2.17. The summed E-state index contributed by atoms with van der Waals surface area (Å²) >= 11 is 11.7. The molecule has 0 fully saturated rings. The Kier molecular flexibility index (Phi) is 6.12. The van der Waals surface area contributed by atoms with Crippen LogP contribution in [0.4, 0.5) is 0 Å². The first-order chi connectivity index (χ1) is 8.93. The second-order valence-electron chi connectivity index (χ2n) is 3.95. The summed E-state index contributed by atoms with van der Waals surface area (Å²) in [5, 5.41) is 3.48. The molecule has 1 aromatic rings. The Balaban J connectivity index is 2.58. The van der Waals surface area contributed by atoms with Gasteiger partial charge in [0.2, 0.25) is 5.91 Å². The molecule has 0 heterocycles. The van der Waals surface area contributed by atoms with Crippen molar-refractivity contribution in [1.29, 1.82) is 0 Å². The van der Waals surface area contributed by atoms with Crippen LogP contribution in [0.15, 0.2) is 18.2 Å². The van der Waals surface area contributed by atoms with E-state index < -0.39 is 12.0 Å². The van der Waals surface area contributed by atoms with Crippen LogP contribution >= 0.6 is 23.2 Å². The van der Waals surface area contributed by atoms with Gasteiger partial charge in [-0.1, -0.05) is 29.3 Å². The van der Waals surface area contributed by atoms with Crippen molar-refractivity contribution in [2.75, 3.05) is 6.61 Å². The first kappa shape index (κ1) is 15.8. The van der Waals surface area contributed by atoms with E-state index in [2.05, 4.69) is 5.32 Å². The third-order valence-corrected chi connectivity index (χ3v) is 2.97. The van der Waals surface area contributed by atoms with Gasteiger partial charge in [0, 0.05) is 10.0 Å². The van der Waals surface area contributed by atoms with E-state index in [1.807, 2.05) is 0 Å². The van der Waals surface area contributed by atoms with Crippen LogP contribution in [0.2, 0.25) is 10.0 Å². The van der Waals surface area contributed by atoms with Gasteiger partial charge in [0.25, 0.3) is 0 Å². The molecule has 4 nitrogen and oxygen atoms in total. The van der Waals surface area contributed by atoms with Crippen LogP contribution in [0.1, 0.15) is 19.4 Å². The minimum absolute atomic E-state index is 0.0831. The van der Waals surface area contributed by atoms with Gasteiger partial charge < -0.3 is 10.1 Å². The Morgan fingerprint density at radius 1 is 1.37 bits per heavy atom. The maximum Gasteiger partial charge on any atom is 0.328 e. The number of hydrogen-bond acceptors (Lipinski definition) is 3. The van der Waals surface area contributed by atoms with Crippen molar-refractivity contribution in [1.82, 2.24) is 5.32 Å². The highest BCUT2D eigenvalue weighted by molar-refractivity contribution is 6.35. The molecule has 19 heavy (non-hydrogen) atoms. The van der Waals surface area contributed by atoms with Crippen molar-refractivity contribution < 1.29 is 14.3 Å². The highest BCUT2D eigenvalue weighted by atomic mass is 35.5. The van der Waals surface area contributed by atoms with Crippen molar-refractivity contribution in [3.63, 3.8) is 0 Å². The van der Waals surface area contributed by atoms with Crippen molar-refractivity contribution >= 4 is 35.1 Å². The van der Waals surface area contributed by atoms with Crippen LogP contribution in [-0.4, -0.2) is 24.5 Å². The van der Waals surface area contributed by atoms with E-state index in [1.165, 1.54) is 0 Å². The molecule has 1 amide bonds. The number of benzene rings is 1. The fourth-order valence-electron chi connectivity index (χ4n) is 1.46. The van der Waals surface area contributed by atoms with Gasteiger partial charge in [0.05, 0.1) is 13.0 Å². The summed E-state index contributed by atoms with van der Waals surface area (Å²) in [5.74, 6) is -0.761. The first-order valence-electron chi connectivity index (χ1n) is 5.84. The maximum atomic E-state index is 11.8. The Labute approximate surface area is 122 Å². The zero-order chi connectivity index (χ0) is 14.4. The summed E-state index contributed by atoms with van der Waals surface area (Å²) in [5.41, 5.74) is 0.652. The molecule has 0 aliphatic heterocycles. The van der Waals surface area contributed by atoms with E-state index in [4.69, 9.17) is 27.9 Å². The van der Waals surface area contributed by atoms with Crippen LogP contribution in [-0.2, 0) is 20.7 Å². The number of halogens is 2. The summed E-state index contributed by atoms with van der Waals surface area (Å²) in [7, 11) is 0. The second kappa shape index (κ2) is 7.36. The van der Waals surface area contributed by atoms with Gasteiger partial charge in [-0.15, -0.1) is 0 Å². The molecule has 1 rings (SSSR count). The average Bonchev–Trinajstić information content (AvgIpc) is 2.33. The van der Waals surface area contributed by atoms with E-state index >= 15 is 0 Å². The number of esters is 1. The average molecular weight is 304 g/mol. The van der Waals surface area contributed by atoms with E-state index in [0.29, 0.717) is 15.6 Å². The summed E-state index contributed by atoms with van der Waals surface area (Å²) in [6.45, 7) is 3.56. The topological polar surface area (TPSA) is 55.4 Å². The monoisotopic (exact) mass is 303 g/mol. The number of carbonyl (C=O) groups excluding carboxylic acids is 2. The van der Waals surface area contributed by atoms with Crippen molar-refractivity contribution in [2.45, 2.75) is 26.3 Å². The third-order valence-electron chi connectivity index (χ3n) is 2.38. The van der Waals surface area contributed by atoms with Crippen LogP contribution in [0.3, 0.4) is 0 Å². The number of amides is 1. The summed E-state index contributed by atoms with van der Waals surface area (Å²) < 4.78 is 4.80. The number of ether oxygens (including phenoxy) is 1. The quantitative estimate of drug-likeness (QED) is 0.851. The molecule has 6 heteroatoms. The lowest BCUT2D eigenvalue weighted by Crippen LogP contribution is -2.40. The van der Waals surface area contributed by atoms with Gasteiger partial charge in [-0.3, -0.25) is 4.79 Å². The summed E-state index contributed by atoms with van der Waals surface area (Å²) in [4.78, 5) is 23.1. The normalized spacial score (nSPS) is 11.8. The number of carbonyl (C=O) groups is 2.